The summed E-state index contributed by atoms with van der Waals surface area (Å²) in [4.78, 5) is 12.0. The van der Waals surface area contributed by atoms with Crippen LogP contribution in [-0.2, 0) is 11.2 Å². The van der Waals surface area contributed by atoms with Crippen LogP contribution in [-0.4, -0.2) is 5.91 Å². The topological polar surface area (TPSA) is 29.1 Å². The molecule has 0 atom stereocenters. The van der Waals surface area contributed by atoms with Crippen LogP contribution in [0, 0.1) is 0 Å². The van der Waals surface area contributed by atoms with Crippen molar-refractivity contribution in [3.05, 3.63) is 61.5 Å². The highest BCUT2D eigenvalue weighted by Gasteiger charge is 2.12. The molecule has 1 amide bonds. The summed E-state index contributed by atoms with van der Waals surface area (Å²) in [5.41, 5.74) is 1.14. The molecule has 104 valence electrons. The maximum Gasteiger partial charge on any atom is 0.228 e. The molecule has 0 aromatic heterocycles. The van der Waals surface area contributed by atoms with Crippen LogP contribution in [0.15, 0.2) is 40.9 Å². The second kappa shape index (κ2) is 6.81. The summed E-state index contributed by atoms with van der Waals surface area (Å²) < 4.78 is 0.842. The van der Waals surface area contributed by atoms with E-state index in [9.17, 15) is 4.79 Å². The Balaban J connectivity index is 2.13. The number of carbonyl (C=O) groups is 1. The number of carbonyl (C=O) groups excluding carboxylic acids is 1. The first kappa shape index (κ1) is 15.6. The zero-order valence-electron chi connectivity index (χ0n) is 10.1. The van der Waals surface area contributed by atoms with Crippen molar-refractivity contribution < 1.29 is 4.79 Å². The summed E-state index contributed by atoms with van der Waals surface area (Å²) in [5.74, 6) is -0.232. The molecule has 2 rings (SSSR count). The van der Waals surface area contributed by atoms with E-state index in [1.54, 1.807) is 36.4 Å². The van der Waals surface area contributed by atoms with Gasteiger partial charge >= 0.3 is 0 Å². The molecule has 0 fully saturated rings. The molecule has 0 saturated heterocycles. The number of benzene rings is 2. The smallest absolute Gasteiger partial charge is 0.228 e. The van der Waals surface area contributed by atoms with Crippen molar-refractivity contribution >= 4 is 62.3 Å². The van der Waals surface area contributed by atoms with Crippen LogP contribution in [0.4, 0.5) is 5.69 Å². The van der Waals surface area contributed by atoms with Gasteiger partial charge in [-0.2, -0.15) is 0 Å². The number of rotatable bonds is 3. The van der Waals surface area contributed by atoms with Crippen molar-refractivity contribution in [3.8, 4) is 0 Å². The minimum atomic E-state index is -0.232. The lowest BCUT2D eigenvalue weighted by molar-refractivity contribution is -0.115. The third-order valence-corrected chi connectivity index (χ3v) is 4.12. The van der Waals surface area contributed by atoms with Gasteiger partial charge in [0.1, 0.15) is 0 Å². The van der Waals surface area contributed by atoms with Crippen LogP contribution in [0.2, 0.25) is 15.1 Å². The standard InChI is InChI=1S/C14H9BrCl3NO/c15-8-4-5-13(12(18)6-8)19-14(20)7-9-10(16)2-1-3-11(9)17/h1-6H,7H2,(H,19,20). The van der Waals surface area contributed by atoms with Crippen LogP contribution >= 0.6 is 50.7 Å². The molecule has 0 heterocycles. The van der Waals surface area contributed by atoms with Gasteiger partial charge in [0.2, 0.25) is 5.91 Å². The second-order valence-electron chi connectivity index (χ2n) is 4.05. The fraction of sp³-hybridized carbons (Fsp3) is 0.0714. The normalized spacial score (nSPS) is 10.4. The van der Waals surface area contributed by atoms with Gasteiger partial charge in [0.15, 0.2) is 0 Å². The Kier molecular flexibility index (Phi) is 5.33. The zero-order chi connectivity index (χ0) is 14.7. The third-order valence-electron chi connectivity index (χ3n) is 2.60. The summed E-state index contributed by atoms with van der Waals surface area (Å²) >= 11 is 21.4. The Morgan fingerprint density at radius 3 is 2.30 bits per heavy atom. The Bertz CT molecular complexity index is 641. The molecule has 0 spiro atoms. The fourth-order valence-electron chi connectivity index (χ4n) is 1.65. The molecule has 0 unspecified atom stereocenters. The van der Waals surface area contributed by atoms with E-state index in [2.05, 4.69) is 21.2 Å². The zero-order valence-corrected chi connectivity index (χ0v) is 13.9. The molecule has 0 aliphatic carbocycles. The lowest BCUT2D eigenvalue weighted by Crippen LogP contribution is -2.15. The lowest BCUT2D eigenvalue weighted by atomic mass is 10.1. The van der Waals surface area contributed by atoms with Gasteiger partial charge in [-0.3, -0.25) is 4.79 Å². The van der Waals surface area contributed by atoms with Gasteiger partial charge < -0.3 is 5.32 Å². The van der Waals surface area contributed by atoms with Gasteiger partial charge in [-0.25, -0.2) is 0 Å². The second-order valence-corrected chi connectivity index (χ2v) is 6.19. The third kappa shape index (κ3) is 3.89. The van der Waals surface area contributed by atoms with Crippen molar-refractivity contribution in [1.29, 1.82) is 0 Å². The van der Waals surface area contributed by atoms with E-state index in [0.717, 1.165) is 4.47 Å². The van der Waals surface area contributed by atoms with Crippen LogP contribution < -0.4 is 5.32 Å². The van der Waals surface area contributed by atoms with Crippen LogP contribution in [0.5, 0.6) is 0 Å². The van der Waals surface area contributed by atoms with Crippen molar-refractivity contribution in [2.75, 3.05) is 5.32 Å². The Labute approximate surface area is 140 Å². The minimum Gasteiger partial charge on any atom is -0.324 e. The molecule has 2 aromatic rings. The highest BCUT2D eigenvalue weighted by Crippen LogP contribution is 2.27. The van der Waals surface area contributed by atoms with E-state index >= 15 is 0 Å². The molecule has 0 aliphatic rings. The van der Waals surface area contributed by atoms with Gasteiger partial charge in [0.05, 0.1) is 17.1 Å². The predicted octanol–water partition coefficient (Wildman–Crippen LogP) is 5.59. The molecule has 0 saturated carbocycles. The van der Waals surface area contributed by atoms with Gasteiger partial charge in [-0.1, -0.05) is 56.8 Å². The van der Waals surface area contributed by atoms with Crippen molar-refractivity contribution in [3.63, 3.8) is 0 Å². The first-order valence-corrected chi connectivity index (χ1v) is 7.58. The molecule has 0 radical (unpaired) electrons. The van der Waals surface area contributed by atoms with Gasteiger partial charge in [0, 0.05) is 14.5 Å². The largest absolute Gasteiger partial charge is 0.324 e. The minimum absolute atomic E-state index is 0.0882. The lowest BCUT2D eigenvalue weighted by Gasteiger charge is -2.09. The molecular weight excluding hydrogens is 384 g/mol. The predicted molar refractivity (Wildman–Crippen MR) is 87.9 cm³/mol. The summed E-state index contributed by atoms with van der Waals surface area (Å²) in [5, 5.41) is 4.12. The van der Waals surface area contributed by atoms with E-state index in [1.165, 1.54) is 0 Å². The van der Waals surface area contributed by atoms with E-state index in [1.807, 2.05) is 0 Å². The van der Waals surface area contributed by atoms with Crippen molar-refractivity contribution in [1.82, 2.24) is 0 Å². The number of hydrogen-bond donors (Lipinski definition) is 1. The number of halogens is 4. The van der Waals surface area contributed by atoms with E-state index in [0.29, 0.717) is 26.3 Å². The average molecular weight is 393 g/mol. The van der Waals surface area contributed by atoms with Crippen LogP contribution in [0.3, 0.4) is 0 Å². The molecule has 0 aliphatic heterocycles. The van der Waals surface area contributed by atoms with Gasteiger partial charge in [0.25, 0.3) is 0 Å². The van der Waals surface area contributed by atoms with Crippen LogP contribution in [0.25, 0.3) is 0 Å². The van der Waals surface area contributed by atoms with Crippen LogP contribution in [0.1, 0.15) is 5.56 Å². The molecule has 1 N–H and O–H groups in total. The number of hydrogen-bond acceptors (Lipinski definition) is 1. The summed E-state index contributed by atoms with van der Waals surface area (Å²) in [6.07, 6.45) is 0.0882. The van der Waals surface area contributed by atoms with E-state index in [4.69, 9.17) is 34.8 Å². The number of nitrogens with one attached hydrogen (secondary N) is 1. The highest BCUT2D eigenvalue weighted by atomic mass is 79.9. The van der Waals surface area contributed by atoms with E-state index in [-0.39, 0.29) is 12.3 Å². The monoisotopic (exact) mass is 391 g/mol. The summed E-state index contributed by atoms with van der Waals surface area (Å²) in [6.45, 7) is 0. The molecule has 2 nitrogen and oxygen atoms in total. The maximum absolute atomic E-state index is 12.0. The molecule has 20 heavy (non-hydrogen) atoms. The highest BCUT2D eigenvalue weighted by molar-refractivity contribution is 9.10. The Morgan fingerprint density at radius 2 is 1.70 bits per heavy atom. The van der Waals surface area contributed by atoms with Gasteiger partial charge in [-0.05, 0) is 35.9 Å². The number of anilines is 1. The van der Waals surface area contributed by atoms with E-state index < -0.39 is 0 Å². The molecule has 0 bridgehead atoms. The number of amides is 1. The summed E-state index contributed by atoms with van der Waals surface area (Å²) in [6, 6.07) is 10.4. The van der Waals surface area contributed by atoms with Crippen molar-refractivity contribution in [2.45, 2.75) is 6.42 Å². The Hall–Kier alpha value is -0.740. The fourth-order valence-corrected chi connectivity index (χ4v) is 2.90. The Morgan fingerprint density at radius 1 is 1.05 bits per heavy atom. The maximum atomic E-state index is 12.0. The van der Waals surface area contributed by atoms with Gasteiger partial charge in [-0.15, -0.1) is 0 Å². The molecule has 2 aromatic carbocycles. The summed E-state index contributed by atoms with van der Waals surface area (Å²) in [7, 11) is 0. The molecule has 6 heteroatoms. The first-order valence-electron chi connectivity index (χ1n) is 5.65. The first-order chi connectivity index (χ1) is 9.47. The van der Waals surface area contributed by atoms with Crippen molar-refractivity contribution in [2.24, 2.45) is 0 Å². The molecular formula is C14H9BrCl3NO. The average Bonchev–Trinajstić information content (AvgIpc) is 2.37. The SMILES string of the molecule is O=C(Cc1c(Cl)cccc1Cl)Nc1ccc(Br)cc1Cl. The quantitative estimate of drug-likeness (QED) is 0.724.